The van der Waals surface area contributed by atoms with Crippen LogP contribution in [-0.2, 0) is 0 Å². The summed E-state index contributed by atoms with van der Waals surface area (Å²) in [7, 11) is 0. The van der Waals surface area contributed by atoms with Crippen LogP contribution in [0.1, 0.15) is 5.56 Å². The molecule has 0 saturated carbocycles. The normalized spacial score (nSPS) is 11.3. The van der Waals surface area contributed by atoms with Crippen LogP contribution in [0.25, 0.3) is 43.8 Å². The predicted molar refractivity (Wildman–Crippen MR) is 117 cm³/mol. The quantitative estimate of drug-likeness (QED) is 0.264. The second-order valence-electron chi connectivity index (χ2n) is 7.52. The minimum Gasteiger partial charge on any atom is -0.207 e. The minimum absolute atomic E-state index is 0.297. The van der Waals surface area contributed by atoms with E-state index >= 15 is 0 Å². The first-order chi connectivity index (χ1) is 14.5. The smallest absolute Gasteiger partial charge is 0.126 e. The summed E-state index contributed by atoms with van der Waals surface area (Å²) in [5.41, 5.74) is 3.74. The highest BCUT2D eigenvalue weighted by Crippen LogP contribution is 2.43. The van der Waals surface area contributed by atoms with Gasteiger partial charge in [0.2, 0.25) is 0 Å². The SMILES string of the molecule is Cc1cc(F)cc(-c2c3ccccc3c(-c3cc(F)cc(F)c3)c3ccccc23)c1. The highest BCUT2D eigenvalue weighted by molar-refractivity contribution is 6.21. The van der Waals surface area contributed by atoms with Gasteiger partial charge >= 0.3 is 0 Å². The molecule has 3 heteroatoms. The molecule has 0 bridgehead atoms. The van der Waals surface area contributed by atoms with Crippen molar-refractivity contribution in [1.82, 2.24) is 0 Å². The van der Waals surface area contributed by atoms with Gasteiger partial charge in [-0.25, -0.2) is 13.2 Å². The van der Waals surface area contributed by atoms with E-state index in [4.69, 9.17) is 0 Å². The van der Waals surface area contributed by atoms with Crippen molar-refractivity contribution in [3.8, 4) is 22.3 Å². The molecule has 5 aromatic carbocycles. The van der Waals surface area contributed by atoms with E-state index in [-0.39, 0.29) is 5.82 Å². The second kappa shape index (κ2) is 7.03. The van der Waals surface area contributed by atoms with Gasteiger partial charge in [0.05, 0.1) is 0 Å². The first kappa shape index (κ1) is 18.4. The monoisotopic (exact) mass is 398 g/mol. The molecule has 0 radical (unpaired) electrons. The van der Waals surface area contributed by atoms with Crippen molar-refractivity contribution in [2.75, 3.05) is 0 Å². The molecular weight excluding hydrogens is 381 g/mol. The lowest BCUT2D eigenvalue weighted by molar-refractivity contribution is 0.584. The van der Waals surface area contributed by atoms with Crippen molar-refractivity contribution in [3.63, 3.8) is 0 Å². The maximum Gasteiger partial charge on any atom is 0.126 e. The van der Waals surface area contributed by atoms with Crippen LogP contribution in [0.3, 0.4) is 0 Å². The molecule has 0 aliphatic carbocycles. The van der Waals surface area contributed by atoms with E-state index in [1.165, 1.54) is 24.3 Å². The molecule has 0 amide bonds. The molecule has 0 unspecified atom stereocenters. The highest BCUT2D eigenvalue weighted by atomic mass is 19.1. The third-order valence-corrected chi connectivity index (χ3v) is 5.41. The molecule has 30 heavy (non-hydrogen) atoms. The Balaban J connectivity index is 1.99. The van der Waals surface area contributed by atoms with E-state index in [2.05, 4.69) is 0 Å². The first-order valence-corrected chi connectivity index (χ1v) is 9.69. The van der Waals surface area contributed by atoms with Crippen LogP contribution in [0, 0.1) is 24.4 Å². The van der Waals surface area contributed by atoms with Crippen LogP contribution in [0.4, 0.5) is 13.2 Å². The summed E-state index contributed by atoms with van der Waals surface area (Å²) in [5, 5.41) is 3.53. The number of rotatable bonds is 2. The third kappa shape index (κ3) is 3.03. The van der Waals surface area contributed by atoms with Crippen molar-refractivity contribution in [1.29, 1.82) is 0 Å². The Bertz CT molecular complexity index is 1230. The standard InChI is InChI=1S/C27H17F3/c1-16-10-17(12-19(28)11-16)26-22-6-2-4-8-24(22)27(25-9-5-3-7-23(25)26)18-13-20(29)15-21(30)14-18/h2-15H,1H3. The van der Waals surface area contributed by atoms with Crippen LogP contribution in [0.5, 0.6) is 0 Å². The lowest BCUT2D eigenvalue weighted by atomic mass is 9.85. The van der Waals surface area contributed by atoms with Crippen molar-refractivity contribution >= 4 is 21.5 Å². The van der Waals surface area contributed by atoms with Gasteiger partial charge < -0.3 is 0 Å². The van der Waals surface area contributed by atoms with E-state index < -0.39 is 11.6 Å². The van der Waals surface area contributed by atoms with E-state index in [0.29, 0.717) is 5.56 Å². The van der Waals surface area contributed by atoms with Gasteiger partial charge in [-0.2, -0.15) is 0 Å². The van der Waals surface area contributed by atoms with E-state index in [1.54, 1.807) is 0 Å². The number of hydrogen-bond acceptors (Lipinski definition) is 0. The van der Waals surface area contributed by atoms with E-state index in [0.717, 1.165) is 49.9 Å². The zero-order valence-electron chi connectivity index (χ0n) is 16.2. The molecule has 0 nitrogen and oxygen atoms in total. The van der Waals surface area contributed by atoms with Gasteiger partial charge in [-0.05, 0) is 80.6 Å². The summed E-state index contributed by atoms with van der Waals surface area (Å²) in [6.07, 6.45) is 0. The van der Waals surface area contributed by atoms with E-state index in [9.17, 15) is 13.2 Å². The molecule has 0 aromatic heterocycles. The maximum atomic E-state index is 14.3. The number of halogens is 3. The highest BCUT2D eigenvalue weighted by Gasteiger charge is 2.17. The lowest BCUT2D eigenvalue weighted by Gasteiger charge is -2.18. The summed E-state index contributed by atoms with van der Waals surface area (Å²) in [4.78, 5) is 0. The third-order valence-electron chi connectivity index (χ3n) is 5.41. The van der Waals surface area contributed by atoms with Gasteiger partial charge in [-0.1, -0.05) is 54.6 Å². The summed E-state index contributed by atoms with van der Waals surface area (Å²) < 4.78 is 42.4. The Morgan fingerprint density at radius 1 is 0.467 bits per heavy atom. The van der Waals surface area contributed by atoms with Crippen molar-refractivity contribution in [2.24, 2.45) is 0 Å². The van der Waals surface area contributed by atoms with Gasteiger partial charge in [0.15, 0.2) is 0 Å². The molecule has 0 N–H and O–H groups in total. The second-order valence-corrected chi connectivity index (χ2v) is 7.52. The van der Waals surface area contributed by atoms with Crippen molar-refractivity contribution in [3.05, 3.63) is 108 Å². The maximum absolute atomic E-state index is 14.3. The molecule has 0 fully saturated rings. The fourth-order valence-corrected chi connectivity index (χ4v) is 4.33. The molecule has 0 aliphatic heterocycles. The van der Waals surface area contributed by atoms with Crippen molar-refractivity contribution in [2.45, 2.75) is 6.92 Å². The molecule has 0 heterocycles. The molecule has 146 valence electrons. The Kier molecular flexibility index (Phi) is 4.32. The van der Waals surface area contributed by atoms with Gasteiger partial charge in [-0.15, -0.1) is 0 Å². The molecule has 5 aromatic rings. The van der Waals surface area contributed by atoms with Gasteiger partial charge in [0.1, 0.15) is 17.5 Å². The Morgan fingerprint density at radius 3 is 1.23 bits per heavy atom. The fourth-order valence-electron chi connectivity index (χ4n) is 4.33. The number of aryl methyl sites for hydroxylation is 1. The summed E-state index contributed by atoms with van der Waals surface area (Å²) >= 11 is 0. The van der Waals surface area contributed by atoms with Crippen LogP contribution in [-0.4, -0.2) is 0 Å². The lowest BCUT2D eigenvalue weighted by Crippen LogP contribution is -1.93. The zero-order chi connectivity index (χ0) is 20.8. The topological polar surface area (TPSA) is 0 Å². The molecular formula is C27H17F3. The largest absolute Gasteiger partial charge is 0.207 e. The average molecular weight is 398 g/mol. The number of fused-ring (bicyclic) bond motifs is 2. The summed E-state index contributed by atoms with van der Waals surface area (Å²) in [6.45, 7) is 1.86. The van der Waals surface area contributed by atoms with Crippen LogP contribution >= 0.6 is 0 Å². The Hall–Kier alpha value is -3.59. The first-order valence-electron chi connectivity index (χ1n) is 9.69. The van der Waals surface area contributed by atoms with E-state index in [1.807, 2.05) is 61.5 Å². The molecule has 0 saturated heterocycles. The molecule has 0 atom stereocenters. The average Bonchev–Trinajstić information content (AvgIpc) is 2.70. The predicted octanol–water partition coefficient (Wildman–Crippen LogP) is 8.05. The summed E-state index contributed by atoms with van der Waals surface area (Å²) in [5.74, 6) is -1.54. The van der Waals surface area contributed by atoms with Crippen LogP contribution in [0.15, 0.2) is 84.9 Å². The van der Waals surface area contributed by atoms with Gasteiger partial charge in [-0.3, -0.25) is 0 Å². The summed E-state index contributed by atoms with van der Waals surface area (Å²) in [6, 6.07) is 24.0. The number of benzene rings is 5. The van der Waals surface area contributed by atoms with Gasteiger partial charge in [0, 0.05) is 6.07 Å². The zero-order valence-corrected chi connectivity index (χ0v) is 16.2. The van der Waals surface area contributed by atoms with Crippen LogP contribution in [0.2, 0.25) is 0 Å². The number of hydrogen-bond donors (Lipinski definition) is 0. The van der Waals surface area contributed by atoms with Crippen molar-refractivity contribution < 1.29 is 13.2 Å². The molecule has 0 spiro atoms. The Morgan fingerprint density at radius 2 is 0.833 bits per heavy atom. The van der Waals surface area contributed by atoms with Gasteiger partial charge in [0.25, 0.3) is 0 Å². The van der Waals surface area contributed by atoms with Crippen LogP contribution < -0.4 is 0 Å². The molecule has 0 aliphatic rings. The Labute approximate surface area is 172 Å². The minimum atomic E-state index is -0.622. The molecule has 5 rings (SSSR count). The fraction of sp³-hybridized carbons (Fsp3) is 0.0370.